The van der Waals surface area contributed by atoms with Gasteiger partial charge in [-0.25, -0.2) is 4.52 Å². The first kappa shape index (κ1) is 19.6. The van der Waals surface area contributed by atoms with E-state index in [1.807, 2.05) is 52.9 Å². The van der Waals surface area contributed by atoms with Crippen molar-refractivity contribution in [3.63, 3.8) is 0 Å². The molecule has 30 heavy (non-hydrogen) atoms. The molecule has 0 aliphatic carbocycles. The molecule has 1 amide bonds. The summed E-state index contributed by atoms with van der Waals surface area (Å²) in [5.41, 5.74) is 6.38. The summed E-state index contributed by atoms with van der Waals surface area (Å²) in [6, 6.07) is 7.44. The van der Waals surface area contributed by atoms with Crippen LogP contribution in [0.15, 0.2) is 35.3 Å². The molecule has 0 aliphatic rings. The topological polar surface area (TPSA) is 97.1 Å². The summed E-state index contributed by atoms with van der Waals surface area (Å²) >= 11 is 0. The van der Waals surface area contributed by atoms with Gasteiger partial charge >= 0.3 is 0 Å². The van der Waals surface area contributed by atoms with Gasteiger partial charge in [-0.2, -0.15) is 5.10 Å². The number of nitrogens with one attached hydrogen (secondary N) is 2. The number of hydrogen-bond acceptors (Lipinski definition) is 4. The lowest BCUT2D eigenvalue weighted by molar-refractivity contribution is 0.0951. The van der Waals surface area contributed by atoms with Crippen LogP contribution < -0.4 is 10.9 Å². The zero-order valence-corrected chi connectivity index (χ0v) is 17.7. The number of aromatic nitrogens is 5. The zero-order valence-electron chi connectivity index (χ0n) is 17.7. The van der Waals surface area contributed by atoms with E-state index in [-0.39, 0.29) is 11.5 Å². The van der Waals surface area contributed by atoms with Gasteiger partial charge in [-0.05, 0) is 51.0 Å². The molecule has 154 valence electrons. The Morgan fingerprint density at radius 3 is 2.53 bits per heavy atom. The van der Waals surface area contributed by atoms with Crippen LogP contribution in [0, 0.1) is 27.7 Å². The lowest BCUT2D eigenvalue weighted by Crippen LogP contribution is -2.23. The number of carbonyl (C=O) groups is 1. The standard InChI is InChI=1S/C22H24N6O2/c1-12-6-7-16(8-13(12)2)20-24-22(30)19-9-17(11-28(19)26-20)21(29)23-10-18-14(3)25-27(5)15(18)4/h6-9,11H,10H2,1-5H3,(H,23,29)(H,24,26,30). The molecule has 0 bridgehead atoms. The number of fused-ring (bicyclic) bond motifs is 1. The second-order valence-corrected chi connectivity index (χ2v) is 7.62. The van der Waals surface area contributed by atoms with E-state index in [1.54, 1.807) is 16.9 Å². The van der Waals surface area contributed by atoms with Crippen molar-refractivity contribution in [2.75, 3.05) is 0 Å². The molecule has 4 rings (SSSR count). The molecule has 0 radical (unpaired) electrons. The SMILES string of the molecule is Cc1ccc(-c2nn3cc(C(=O)NCc4c(C)nn(C)c4C)cc3c(=O)[nH]2)cc1C. The summed E-state index contributed by atoms with van der Waals surface area (Å²) in [6.45, 7) is 8.29. The van der Waals surface area contributed by atoms with Gasteiger partial charge in [0.2, 0.25) is 0 Å². The van der Waals surface area contributed by atoms with Crippen LogP contribution in [0.4, 0.5) is 0 Å². The number of rotatable bonds is 4. The van der Waals surface area contributed by atoms with Crippen LogP contribution in [-0.2, 0) is 13.6 Å². The van der Waals surface area contributed by atoms with Gasteiger partial charge in [0.25, 0.3) is 11.5 Å². The molecule has 1 aromatic carbocycles. The van der Waals surface area contributed by atoms with Crippen molar-refractivity contribution in [3.05, 3.63) is 74.5 Å². The third kappa shape index (κ3) is 3.41. The second-order valence-electron chi connectivity index (χ2n) is 7.62. The smallest absolute Gasteiger partial charge is 0.275 e. The van der Waals surface area contributed by atoms with Crippen LogP contribution in [0.5, 0.6) is 0 Å². The van der Waals surface area contributed by atoms with Crippen molar-refractivity contribution in [2.24, 2.45) is 7.05 Å². The Labute approximate surface area is 173 Å². The second kappa shape index (κ2) is 7.29. The number of benzene rings is 1. The number of aromatic amines is 1. The quantitative estimate of drug-likeness (QED) is 0.546. The van der Waals surface area contributed by atoms with E-state index >= 15 is 0 Å². The molecule has 0 atom stereocenters. The molecular weight excluding hydrogens is 380 g/mol. The Kier molecular flexibility index (Phi) is 4.77. The maximum Gasteiger partial charge on any atom is 0.275 e. The van der Waals surface area contributed by atoms with Crippen LogP contribution in [0.1, 0.15) is 38.4 Å². The van der Waals surface area contributed by atoms with E-state index in [0.717, 1.165) is 28.1 Å². The molecule has 8 heteroatoms. The molecule has 3 aromatic heterocycles. The largest absolute Gasteiger partial charge is 0.348 e. The highest BCUT2D eigenvalue weighted by molar-refractivity contribution is 5.95. The molecule has 0 saturated heterocycles. The highest BCUT2D eigenvalue weighted by Crippen LogP contribution is 2.18. The van der Waals surface area contributed by atoms with Crippen LogP contribution in [0.2, 0.25) is 0 Å². The minimum atomic E-state index is -0.295. The molecule has 0 spiro atoms. The first-order valence-corrected chi connectivity index (χ1v) is 9.72. The summed E-state index contributed by atoms with van der Waals surface area (Å²) in [7, 11) is 1.87. The Bertz CT molecular complexity index is 1340. The third-order valence-electron chi connectivity index (χ3n) is 5.60. The third-order valence-corrected chi connectivity index (χ3v) is 5.60. The monoisotopic (exact) mass is 404 g/mol. The maximum atomic E-state index is 12.7. The van der Waals surface area contributed by atoms with Crippen LogP contribution in [-0.4, -0.2) is 30.3 Å². The van der Waals surface area contributed by atoms with Gasteiger partial charge in [-0.15, -0.1) is 5.10 Å². The van der Waals surface area contributed by atoms with Gasteiger partial charge in [0.1, 0.15) is 5.52 Å². The summed E-state index contributed by atoms with van der Waals surface area (Å²) in [4.78, 5) is 28.1. The van der Waals surface area contributed by atoms with Gasteiger partial charge in [0.15, 0.2) is 5.82 Å². The fourth-order valence-electron chi connectivity index (χ4n) is 3.50. The highest BCUT2D eigenvalue weighted by atomic mass is 16.1. The molecule has 8 nitrogen and oxygen atoms in total. The highest BCUT2D eigenvalue weighted by Gasteiger charge is 2.15. The molecule has 0 fully saturated rings. The normalized spacial score (nSPS) is 11.2. The number of amides is 1. The molecule has 4 aromatic rings. The van der Waals surface area contributed by atoms with E-state index in [1.165, 1.54) is 10.1 Å². The summed E-state index contributed by atoms with van der Waals surface area (Å²) < 4.78 is 3.25. The van der Waals surface area contributed by atoms with E-state index < -0.39 is 0 Å². The molecule has 0 aliphatic heterocycles. The van der Waals surface area contributed by atoms with Crippen molar-refractivity contribution < 1.29 is 4.79 Å². The summed E-state index contributed by atoms with van der Waals surface area (Å²) in [6.07, 6.45) is 1.58. The number of aryl methyl sites for hydroxylation is 4. The predicted octanol–water partition coefficient (Wildman–Crippen LogP) is 2.59. The maximum absolute atomic E-state index is 12.7. The number of carbonyl (C=O) groups excluding carboxylic acids is 1. The van der Waals surface area contributed by atoms with Gasteiger partial charge in [0, 0.05) is 36.6 Å². The lowest BCUT2D eigenvalue weighted by atomic mass is 10.1. The zero-order chi connectivity index (χ0) is 21.6. The molecule has 0 saturated carbocycles. The fourth-order valence-corrected chi connectivity index (χ4v) is 3.50. The summed E-state index contributed by atoms with van der Waals surface area (Å²) in [5, 5.41) is 11.8. The van der Waals surface area contributed by atoms with Gasteiger partial charge < -0.3 is 10.3 Å². The fraction of sp³-hybridized carbons (Fsp3) is 0.273. The minimum absolute atomic E-state index is 0.268. The summed E-state index contributed by atoms with van der Waals surface area (Å²) in [5.74, 6) is 0.190. The Morgan fingerprint density at radius 2 is 1.87 bits per heavy atom. The average molecular weight is 404 g/mol. The molecule has 2 N–H and O–H groups in total. The van der Waals surface area contributed by atoms with Crippen LogP contribution >= 0.6 is 0 Å². The van der Waals surface area contributed by atoms with E-state index in [2.05, 4.69) is 20.5 Å². The van der Waals surface area contributed by atoms with Crippen molar-refractivity contribution in [1.29, 1.82) is 0 Å². The molecular formula is C22H24N6O2. The first-order valence-electron chi connectivity index (χ1n) is 9.72. The van der Waals surface area contributed by atoms with Crippen LogP contribution in [0.25, 0.3) is 16.9 Å². The van der Waals surface area contributed by atoms with E-state index in [9.17, 15) is 9.59 Å². The lowest BCUT2D eigenvalue weighted by Gasteiger charge is -2.05. The van der Waals surface area contributed by atoms with Crippen molar-refractivity contribution in [2.45, 2.75) is 34.2 Å². The number of nitrogens with zero attached hydrogens (tertiary/aromatic N) is 4. The van der Waals surface area contributed by atoms with Gasteiger partial charge in [-0.1, -0.05) is 12.1 Å². The first-order chi connectivity index (χ1) is 14.2. The van der Waals surface area contributed by atoms with E-state index in [4.69, 9.17) is 0 Å². The molecule has 3 heterocycles. The minimum Gasteiger partial charge on any atom is -0.348 e. The number of hydrogen-bond donors (Lipinski definition) is 2. The Hall–Kier alpha value is -3.68. The van der Waals surface area contributed by atoms with Crippen molar-refractivity contribution in [1.82, 2.24) is 29.7 Å². The van der Waals surface area contributed by atoms with Crippen LogP contribution in [0.3, 0.4) is 0 Å². The average Bonchev–Trinajstić information content (AvgIpc) is 3.24. The Morgan fingerprint density at radius 1 is 1.10 bits per heavy atom. The van der Waals surface area contributed by atoms with Crippen molar-refractivity contribution in [3.8, 4) is 11.4 Å². The van der Waals surface area contributed by atoms with Gasteiger partial charge in [0.05, 0.1) is 11.3 Å². The molecule has 0 unspecified atom stereocenters. The van der Waals surface area contributed by atoms with E-state index in [0.29, 0.717) is 23.4 Å². The number of H-pyrrole nitrogens is 1. The predicted molar refractivity (Wildman–Crippen MR) is 115 cm³/mol. The van der Waals surface area contributed by atoms with Crippen molar-refractivity contribution >= 4 is 11.4 Å². The van der Waals surface area contributed by atoms with Gasteiger partial charge in [-0.3, -0.25) is 14.3 Å². The Balaban J connectivity index is 1.62.